The Morgan fingerprint density at radius 1 is 1.38 bits per heavy atom. The number of anilines is 1. The number of ether oxygens (including phenoxy) is 1. The van der Waals surface area contributed by atoms with E-state index in [9.17, 15) is 0 Å². The number of halogens is 1. The molecule has 1 aliphatic heterocycles. The highest BCUT2D eigenvalue weighted by Crippen LogP contribution is 2.33. The van der Waals surface area contributed by atoms with Crippen LogP contribution >= 0.6 is 15.9 Å². The van der Waals surface area contributed by atoms with Gasteiger partial charge in [-0.05, 0) is 34.7 Å². The van der Waals surface area contributed by atoms with Crippen molar-refractivity contribution in [3.63, 3.8) is 0 Å². The minimum Gasteiger partial charge on any atom is -0.381 e. The molecule has 1 fully saturated rings. The molecule has 3 rings (SSSR count). The molecule has 0 aromatic carbocycles. The Hall–Kier alpha value is -1.47. The summed E-state index contributed by atoms with van der Waals surface area (Å²) in [7, 11) is 2.02. The van der Waals surface area contributed by atoms with E-state index >= 15 is 0 Å². The maximum atomic E-state index is 5.48. The average Bonchev–Trinajstić information content (AvgIpc) is 2.93. The zero-order valence-corrected chi connectivity index (χ0v) is 13.5. The van der Waals surface area contributed by atoms with Gasteiger partial charge in [-0.2, -0.15) is 0 Å². The number of nitrogens with zero attached hydrogens (tertiary/aromatic N) is 4. The highest BCUT2D eigenvalue weighted by Gasteiger charge is 2.29. The normalized spacial score (nSPS) is 17.6. The van der Waals surface area contributed by atoms with Gasteiger partial charge in [0.15, 0.2) is 0 Å². The molecule has 0 amide bonds. The Morgan fingerprint density at radius 2 is 2.19 bits per heavy atom. The number of imidazole rings is 1. The van der Waals surface area contributed by atoms with Gasteiger partial charge in [0.2, 0.25) is 0 Å². The highest BCUT2D eigenvalue weighted by atomic mass is 79.9. The quantitative estimate of drug-likeness (QED) is 0.916. The van der Waals surface area contributed by atoms with E-state index in [1.165, 1.54) is 0 Å². The molecule has 1 saturated heterocycles. The number of nitrogens with one attached hydrogen (secondary N) is 1. The minimum absolute atomic E-state index is 0.111. The van der Waals surface area contributed by atoms with E-state index < -0.39 is 0 Å². The van der Waals surface area contributed by atoms with Gasteiger partial charge in [-0.3, -0.25) is 0 Å². The Kier molecular flexibility index (Phi) is 4.50. The summed E-state index contributed by atoms with van der Waals surface area (Å²) in [5, 5.41) is 3.52. The van der Waals surface area contributed by atoms with Gasteiger partial charge in [0.05, 0.1) is 10.5 Å². The third-order valence-electron chi connectivity index (χ3n) is 3.83. The fraction of sp³-hybridized carbons (Fsp3) is 0.500. The van der Waals surface area contributed by atoms with Crippen LogP contribution in [-0.4, -0.2) is 32.7 Å². The van der Waals surface area contributed by atoms with Crippen LogP contribution in [0.4, 0.5) is 5.82 Å². The van der Waals surface area contributed by atoms with Crippen molar-refractivity contribution < 1.29 is 4.74 Å². The molecule has 1 N–H and O–H groups in total. The average molecular weight is 352 g/mol. The predicted molar refractivity (Wildman–Crippen MR) is 82.8 cm³/mol. The van der Waals surface area contributed by atoms with Crippen LogP contribution in [0, 0.1) is 5.92 Å². The number of aromatic nitrogens is 4. The number of rotatable bonds is 4. The van der Waals surface area contributed by atoms with Gasteiger partial charge in [-0.25, -0.2) is 15.0 Å². The van der Waals surface area contributed by atoms with Crippen molar-refractivity contribution in [2.45, 2.75) is 18.9 Å². The van der Waals surface area contributed by atoms with E-state index in [0.29, 0.717) is 5.92 Å². The van der Waals surface area contributed by atoms with Crippen LogP contribution < -0.4 is 5.32 Å². The van der Waals surface area contributed by atoms with E-state index in [1.807, 2.05) is 19.4 Å². The predicted octanol–water partition coefficient (Wildman–Crippen LogP) is 2.55. The van der Waals surface area contributed by atoms with Gasteiger partial charge in [0.1, 0.15) is 18.0 Å². The van der Waals surface area contributed by atoms with Crippen LogP contribution in [0.5, 0.6) is 0 Å². The molecule has 1 atom stereocenters. The van der Waals surface area contributed by atoms with Crippen LogP contribution in [0.1, 0.15) is 24.7 Å². The highest BCUT2D eigenvalue weighted by molar-refractivity contribution is 9.10. The fourth-order valence-corrected chi connectivity index (χ4v) is 3.02. The number of hydrogen-bond acceptors (Lipinski definition) is 5. The van der Waals surface area contributed by atoms with Crippen LogP contribution in [0.25, 0.3) is 0 Å². The molecule has 0 radical (unpaired) electrons. The Bertz CT molecular complexity index is 597. The smallest absolute Gasteiger partial charge is 0.144 e. The molecule has 0 saturated carbocycles. The molecular weight excluding hydrogens is 334 g/mol. The number of hydrogen-bond donors (Lipinski definition) is 1. The van der Waals surface area contributed by atoms with Gasteiger partial charge >= 0.3 is 0 Å². The molecule has 112 valence electrons. The molecule has 3 heterocycles. The lowest BCUT2D eigenvalue weighted by Gasteiger charge is -2.31. The van der Waals surface area contributed by atoms with Gasteiger partial charge in [0.25, 0.3) is 0 Å². The lowest BCUT2D eigenvalue weighted by Crippen LogP contribution is -2.29. The first kappa shape index (κ1) is 14.5. The van der Waals surface area contributed by atoms with E-state index in [4.69, 9.17) is 4.74 Å². The van der Waals surface area contributed by atoms with Gasteiger partial charge in [-0.15, -0.1) is 0 Å². The van der Waals surface area contributed by atoms with Gasteiger partial charge in [-0.1, -0.05) is 0 Å². The molecular formula is C14H18BrN5O. The second kappa shape index (κ2) is 6.53. The number of aryl methyl sites for hydroxylation is 1. The molecule has 1 aliphatic rings. The summed E-state index contributed by atoms with van der Waals surface area (Å²) in [6.45, 7) is 1.61. The van der Waals surface area contributed by atoms with Crippen molar-refractivity contribution in [3.8, 4) is 0 Å². The van der Waals surface area contributed by atoms with Crippen molar-refractivity contribution in [1.82, 2.24) is 19.5 Å². The second-order valence-electron chi connectivity index (χ2n) is 5.19. The van der Waals surface area contributed by atoms with E-state index in [-0.39, 0.29) is 6.04 Å². The summed E-state index contributed by atoms with van der Waals surface area (Å²) in [6, 6.07) is 0.111. The minimum atomic E-state index is 0.111. The van der Waals surface area contributed by atoms with Crippen LogP contribution in [-0.2, 0) is 11.8 Å². The standard InChI is InChI=1S/C14H18BrN5O/c1-20-5-4-17-14(20)12(10-2-6-21-7-3-10)19-13-11(15)8-16-9-18-13/h4-5,8-10,12H,2-3,6-7H2,1H3,(H,16,18,19)/t12-/m0/s1. The monoisotopic (exact) mass is 351 g/mol. The fourth-order valence-electron chi connectivity index (χ4n) is 2.69. The van der Waals surface area contributed by atoms with Crippen molar-refractivity contribution in [3.05, 3.63) is 35.2 Å². The first-order chi connectivity index (χ1) is 10.3. The summed E-state index contributed by atoms with van der Waals surface area (Å²) in [6.07, 6.45) is 9.14. The largest absolute Gasteiger partial charge is 0.381 e. The maximum absolute atomic E-state index is 5.48. The second-order valence-corrected chi connectivity index (χ2v) is 6.04. The molecule has 0 bridgehead atoms. The van der Waals surface area contributed by atoms with Gasteiger partial charge in [0, 0.05) is 38.9 Å². The third kappa shape index (κ3) is 3.24. The molecule has 7 heteroatoms. The van der Waals surface area contributed by atoms with E-state index in [2.05, 4.69) is 40.8 Å². The Balaban J connectivity index is 1.89. The van der Waals surface area contributed by atoms with E-state index in [1.54, 1.807) is 12.5 Å². The molecule has 6 nitrogen and oxygen atoms in total. The maximum Gasteiger partial charge on any atom is 0.144 e. The SMILES string of the molecule is Cn1ccnc1[C@@H](Nc1ncncc1Br)C1CCOCC1. The first-order valence-electron chi connectivity index (χ1n) is 7.02. The summed E-state index contributed by atoms with van der Waals surface area (Å²) in [5.41, 5.74) is 0. The van der Waals surface area contributed by atoms with Gasteiger partial charge < -0.3 is 14.6 Å². The molecule has 2 aromatic rings. The lowest BCUT2D eigenvalue weighted by molar-refractivity contribution is 0.0594. The summed E-state index contributed by atoms with van der Waals surface area (Å²) < 4.78 is 8.40. The Morgan fingerprint density at radius 3 is 2.86 bits per heavy atom. The molecule has 0 spiro atoms. The summed E-state index contributed by atoms with van der Waals surface area (Å²) >= 11 is 3.49. The first-order valence-corrected chi connectivity index (χ1v) is 7.82. The van der Waals surface area contributed by atoms with Crippen molar-refractivity contribution in [2.24, 2.45) is 13.0 Å². The molecule has 0 aliphatic carbocycles. The lowest BCUT2D eigenvalue weighted by atomic mass is 9.91. The zero-order chi connectivity index (χ0) is 14.7. The van der Waals surface area contributed by atoms with Crippen molar-refractivity contribution in [1.29, 1.82) is 0 Å². The molecule has 21 heavy (non-hydrogen) atoms. The van der Waals surface area contributed by atoms with E-state index in [0.717, 1.165) is 42.2 Å². The zero-order valence-electron chi connectivity index (χ0n) is 11.9. The van der Waals surface area contributed by atoms with Crippen LogP contribution in [0.15, 0.2) is 29.4 Å². The van der Waals surface area contributed by atoms with Crippen LogP contribution in [0.3, 0.4) is 0 Å². The Labute approximate surface area is 132 Å². The summed E-state index contributed by atoms with van der Waals surface area (Å²) in [5.74, 6) is 2.29. The topological polar surface area (TPSA) is 64.9 Å². The molecule has 2 aromatic heterocycles. The van der Waals surface area contributed by atoms with Crippen molar-refractivity contribution in [2.75, 3.05) is 18.5 Å². The van der Waals surface area contributed by atoms with Crippen molar-refractivity contribution >= 4 is 21.7 Å². The molecule has 0 unspecified atom stereocenters. The summed E-state index contributed by atoms with van der Waals surface area (Å²) in [4.78, 5) is 12.8. The van der Waals surface area contributed by atoms with Crippen LogP contribution in [0.2, 0.25) is 0 Å². The third-order valence-corrected chi connectivity index (χ3v) is 4.41.